The van der Waals surface area contributed by atoms with Crippen LogP contribution in [0, 0.1) is 11.3 Å². The normalized spacial score (nSPS) is 18.0. The van der Waals surface area contributed by atoms with E-state index in [1.807, 2.05) is 6.07 Å². The van der Waals surface area contributed by atoms with Crippen molar-refractivity contribution in [3.8, 4) is 17.2 Å². The number of fused-ring (bicyclic) bond motifs is 1. The van der Waals surface area contributed by atoms with Gasteiger partial charge in [0.25, 0.3) is 5.91 Å². The van der Waals surface area contributed by atoms with Gasteiger partial charge in [-0.25, -0.2) is 4.98 Å². The molecule has 14 heteroatoms. The first kappa shape index (κ1) is 33.1. The Morgan fingerprint density at radius 1 is 1.04 bits per heavy atom. The van der Waals surface area contributed by atoms with Crippen LogP contribution < -0.4 is 24.8 Å². The first-order valence-corrected chi connectivity index (χ1v) is 14.8. The first-order chi connectivity index (χ1) is 21.6. The maximum Gasteiger partial charge on any atom is 0.573 e. The van der Waals surface area contributed by atoms with Gasteiger partial charge in [-0.3, -0.25) is 4.79 Å². The highest BCUT2D eigenvalue weighted by atomic mass is 35.5. The van der Waals surface area contributed by atoms with E-state index >= 15 is 0 Å². The molecule has 0 saturated heterocycles. The molecule has 1 heterocycles. The van der Waals surface area contributed by atoms with E-state index in [4.69, 9.17) is 21.3 Å². The second-order valence-corrected chi connectivity index (χ2v) is 12.5. The predicted octanol–water partition coefficient (Wildman–Crippen LogP) is 9.34. The fraction of sp³-hybridized carbons (Fsp3) is 0.375. The van der Waals surface area contributed by atoms with Crippen LogP contribution >= 0.6 is 11.6 Å². The average Bonchev–Trinajstić information content (AvgIpc) is 3.29. The van der Waals surface area contributed by atoms with Gasteiger partial charge in [-0.15, -0.1) is 13.2 Å². The van der Waals surface area contributed by atoms with Crippen molar-refractivity contribution in [3.63, 3.8) is 0 Å². The van der Waals surface area contributed by atoms with E-state index in [2.05, 4.69) is 45.4 Å². The Kier molecular flexibility index (Phi) is 9.52. The molecule has 0 radical (unpaired) electrons. The number of hydrogen-bond donors (Lipinski definition) is 2. The van der Waals surface area contributed by atoms with Crippen molar-refractivity contribution in [2.75, 3.05) is 17.2 Å². The van der Waals surface area contributed by atoms with E-state index in [1.165, 1.54) is 42.5 Å². The number of ether oxygens (including phenoxy) is 3. The lowest BCUT2D eigenvalue weighted by Gasteiger charge is -2.40. The second kappa shape index (κ2) is 13.2. The number of nitrogens with one attached hydrogen (secondary N) is 2. The fourth-order valence-electron chi connectivity index (χ4n) is 6.10. The number of rotatable bonds is 10. The number of aromatic nitrogens is 2. The highest BCUT2D eigenvalue weighted by molar-refractivity contribution is 6.33. The molecular formula is C32H32ClF5N4O4. The Labute approximate surface area is 266 Å². The second-order valence-electron chi connectivity index (χ2n) is 12.1. The largest absolute Gasteiger partial charge is 0.573 e. The smallest absolute Gasteiger partial charge is 0.484 e. The Hall–Kier alpha value is -4.26. The lowest BCUT2D eigenvalue weighted by molar-refractivity contribution is -0.274. The van der Waals surface area contributed by atoms with Crippen LogP contribution in [-0.2, 0) is 4.79 Å². The molecule has 0 spiro atoms. The van der Waals surface area contributed by atoms with Crippen molar-refractivity contribution in [1.29, 1.82) is 0 Å². The fourth-order valence-corrected chi connectivity index (χ4v) is 6.26. The predicted molar refractivity (Wildman–Crippen MR) is 164 cm³/mol. The van der Waals surface area contributed by atoms with Gasteiger partial charge in [-0.05, 0) is 79.1 Å². The zero-order valence-corrected chi connectivity index (χ0v) is 25.9. The lowest BCUT2D eigenvalue weighted by atomic mass is 9.70. The van der Waals surface area contributed by atoms with E-state index in [-0.39, 0.29) is 33.7 Å². The number of carbonyl (C=O) groups excluding carboxylic acids is 1. The molecule has 46 heavy (non-hydrogen) atoms. The van der Waals surface area contributed by atoms with Gasteiger partial charge in [0, 0.05) is 23.9 Å². The van der Waals surface area contributed by atoms with Crippen LogP contribution in [0.5, 0.6) is 17.2 Å². The van der Waals surface area contributed by atoms with E-state index in [1.54, 1.807) is 12.1 Å². The maximum atomic E-state index is 12.6. The minimum atomic E-state index is -4.79. The number of halogens is 6. The molecule has 3 aromatic carbocycles. The van der Waals surface area contributed by atoms with Gasteiger partial charge >= 0.3 is 13.0 Å². The van der Waals surface area contributed by atoms with E-state index in [9.17, 15) is 26.7 Å². The molecule has 4 aromatic rings. The molecule has 1 aromatic heterocycles. The number of carbonyl (C=O) groups is 1. The molecule has 1 amide bonds. The summed E-state index contributed by atoms with van der Waals surface area (Å²) in [5.74, 6) is 0.227. The maximum absolute atomic E-state index is 12.6. The van der Waals surface area contributed by atoms with Crippen molar-refractivity contribution in [2.45, 2.75) is 59.0 Å². The molecule has 1 fully saturated rings. The number of hydrogen-bond acceptors (Lipinski definition) is 6. The minimum absolute atomic E-state index is 0.0805. The van der Waals surface area contributed by atoms with Crippen molar-refractivity contribution >= 4 is 45.9 Å². The van der Waals surface area contributed by atoms with Crippen LogP contribution in [0.25, 0.3) is 11.0 Å². The van der Waals surface area contributed by atoms with Gasteiger partial charge in [0.2, 0.25) is 5.95 Å². The quantitative estimate of drug-likeness (QED) is 0.164. The summed E-state index contributed by atoms with van der Waals surface area (Å²) in [4.78, 5) is 17.4. The van der Waals surface area contributed by atoms with Gasteiger partial charge in [-0.2, -0.15) is 8.78 Å². The SMILES string of the molecule is CC1CC(n2c(Nc3ccc(OC(F)(F)F)cc3)nc3cc(OCC(=O)Nc4cc(OC(F)F)ccc4Cl)ccc32)CC(C)(C)C1. The minimum Gasteiger partial charge on any atom is -0.484 e. The van der Waals surface area contributed by atoms with E-state index < -0.39 is 25.5 Å². The topological polar surface area (TPSA) is 86.6 Å². The summed E-state index contributed by atoms with van der Waals surface area (Å²) in [5, 5.41) is 5.90. The van der Waals surface area contributed by atoms with Crippen LogP contribution in [0.15, 0.2) is 60.7 Å². The Bertz CT molecular complexity index is 1690. The number of nitrogens with zero attached hydrogens (tertiary/aromatic N) is 2. The summed E-state index contributed by atoms with van der Waals surface area (Å²) in [6, 6.07) is 14.5. The zero-order valence-electron chi connectivity index (χ0n) is 25.1. The standard InChI is InChI=1S/C32H32ClF5N4O4/c1-18-12-20(16-31(2,3)15-18)42-27-11-9-22(44-17-28(43)40-25-14-23(45-29(34)35)8-10-24(25)33)13-26(27)41-30(42)39-19-4-6-21(7-5-19)46-32(36,37)38/h4-11,13-14,18,20,29H,12,15-17H2,1-3H3,(H,39,41)(H,40,43). The summed E-state index contributed by atoms with van der Waals surface area (Å²) >= 11 is 6.09. The average molecular weight is 667 g/mol. The molecule has 2 atom stereocenters. The van der Waals surface area contributed by atoms with Crippen molar-refractivity contribution < 1.29 is 41.0 Å². The Balaban J connectivity index is 1.37. The Morgan fingerprint density at radius 2 is 1.74 bits per heavy atom. The highest BCUT2D eigenvalue weighted by Crippen LogP contribution is 2.46. The van der Waals surface area contributed by atoms with Gasteiger partial charge in [0.15, 0.2) is 6.61 Å². The van der Waals surface area contributed by atoms with Gasteiger partial charge < -0.3 is 29.4 Å². The van der Waals surface area contributed by atoms with Crippen LogP contribution in [0.1, 0.15) is 46.1 Å². The van der Waals surface area contributed by atoms with Crippen LogP contribution in [0.4, 0.5) is 39.3 Å². The van der Waals surface area contributed by atoms with Gasteiger partial charge in [-0.1, -0.05) is 32.4 Å². The van der Waals surface area contributed by atoms with Gasteiger partial charge in [0.1, 0.15) is 17.2 Å². The van der Waals surface area contributed by atoms with E-state index in [0.717, 1.165) is 24.8 Å². The molecular weight excluding hydrogens is 635 g/mol. The third-order valence-electron chi connectivity index (χ3n) is 7.54. The summed E-state index contributed by atoms with van der Waals surface area (Å²) in [5.41, 5.74) is 2.07. The number of anilines is 3. The summed E-state index contributed by atoms with van der Waals surface area (Å²) in [6.45, 7) is 3.23. The van der Waals surface area contributed by atoms with Crippen LogP contribution in [0.2, 0.25) is 5.02 Å². The van der Waals surface area contributed by atoms with Crippen molar-refractivity contribution in [1.82, 2.24) is 9.55 Å². The molecule has 1 saturated carbocycles. The van der Waals surface area contributed by atoms with Gasteiger partial charge in [0.05, 0.1) is 21.7 Å². The van der Waals surface area contributed by atoms with Crippen LogP contribution in [-0.4, -0.2) is 35.0 Å². The number of benzene rings is 3. The molecule has 0 bridgehead atoms. The monoisotopic (exact) mass is 666 g/mol. The first-order valence-electron chi connectivity index (χ1n) is 14.5. The molecule has 5 rings (SSSR count). The molecule has 0 aliphatic heterocycles. The summed E-state index contributed by atoms with van der Waals surface area (Å²) in [7, 11) is 0. The number of imidazole rings is 1. The highest BCUT2D eigenvalue weighted by Gasteiger charge is 2.35. The summed E-state index contributed by atoms with van der Waals surface area (Å²) < 4.78 is 79.3. The molecule has 1 aliphatic carbocycles. The van der Waals surface area contributed by atoms with Crippen molar-refractivity contribution in [3.05, 3.63) is 65.7 Å². The Morgan fingerprint density at radius 3 is 2.41 bits per heavy atom. The number of amides is 1. The third kappa shape index (κ3) is 8.51. The number of alkyl halides is 5. The molecule has 1 aliphatic rings. The molecule has 2 N–H and O–H groups in total. The van der Waals surface area contributed by atoms with E-state index in [0.29, 0.717) is 28.8 Å². The third-order valence-corrected chi connectivity index (χ3v) is 7.87. The van der Waals surface area contributed by atoms with Crippen molar-refractivity contribution in [2.24, 2.45) is 11.3 Å². The lowest BCUT2D eigenvalue weighted by Crippen LogP contribution is -2.29. The van der Waals surface area contributed by atoms with Crippen LogP contribution in [0.3, 0.4) is 0 Å². The molecule has 246 valence electrons. The molecule has 2 unspecified atom stereocenters. The summed E-state index contributed by atoms with van der Waals surface area (Å²) in [6.07, 6.45) is -1.92. The zero-order chi connectivity index (χ0) is 33.2. The molecule has 8 nitrogen and oxygen atoms in total.